The van der Waals surface area contributed by atoms with E-state index >= 15 is 0 Å². The first kappa shape index (κ1) is 13.2. The number of hydrogen-bond donors (Lipinski definition) is 0. The fourth-order valence-corrected chi connectivity index (χ4v) is 1.77. The molecule has 0 N–H and O–H groups in total. The van der Waals surface area contributed by atoms with Crippen molar-refractivity contribution in [2.24, 2.45) is 0 Å². The predicted octanol–water partition coefficient (Wildman–Crippen LogP) is 3.94. The molecule has 0 aliphatic carbocycles. The Bertz CT molecular complexity index is 581. The van der Waals surface area contributed by atoms with Crippen LogP contribution in [-0.4, -0.2) is 17.1 Å². The van der Waals surface area contributed by atoms with Crippen molar-refractivity contribution >= 4 is 31.9 Å². The molecule has 0 atom stereocenters. The Balaban J connectivity index is 2.25. The summed E-state index contributed by atoms with van der Waals surface area (Å²) in [6.07, 6.45) is 1.50. The van der Waals surface area contributed by atoms with E-state index in [0.717, 1.165) is 0 Å². The number of nitrogens with zero attached hydrogens (tertiary/aromatic N) is 2. The van der Waals surface area contributed by atoms with Gasteiger partial charge in [-0.2, -0.15) is 4.98 Å². The van der Waals surface area contributed by atoms with Crippen LogP contribution in [0.1, 0.15) is 0 Å². The van der Waals surface area contributed by atoms with Gasteiger partial charge in [-0.3, -0.25) is 0 Å². The fraction of sp³-hybridized carbons (Fsp3) is 0.0909. The van der Waals surface area contributed by atoms with Gasteiger partial charge in [-0.25, -0.2) is 9.37 Å². The SMILES string of the molecule is COc1nc(Oc2ccc(Br)c(F)c2)ncc1Br. The first-order chi connectivity index (χ1) is 8.60. The third-order valence-corrected chi connectivity index (χ3v) is 3.17. The Kier molecular flexibility index (Phi) is 4.13. The molecule has 0 bridgehead atoms. The van der Waals surface area contributed by atoms with Gasteiger partial charge in [0.1, 0.15) is 11.6 Å². The first-order valence-corrected chi connectivity index (χ1v) is 6.38. The number of rotatable bonds is 3. The molecule has 0 aliphatic heterocycles. The molecular formula is C11H7Br2FN2O2. The normalized spacial score (nSPS) is 10.2. The summed E-state index contributed by atoms with van der Waals surface area (Å²) >= 11 is 6.28. The van der Waals surface area contributed by atoms with Crippen LogP contribution < -0.4 is 9.47 Å². The Morgan fingerprint density at radius 3 is 2.67 bits per heavy atom. The standard InChI is InChI=1S/C11H7Br2FN2O2/c1-17-10-8(13)5-15-11(16-10)18-6-2-3-7(12)9(14)4-6/h2-5H,1H3. The lowest BCUT2D eigenvalue weighted by Crippen LogP contribution is -1.96. The van der Waals surface area contributed by atoms with Crippen molar-refractivity contribution in [3.63, 3.8) is 0 Å². The number of hydrogen-bond acceptors (Lipinski definition) is 4. The van der Waals surface area contributed by atoms with Crippen LogP contribution in [0.15, 0.2) is 33.3 Å². The molecule has 0 unspecified atom stereocenters. The molecule has 2 aromatic rings. The van der Waals surface area contributed by atoms with Crippen LogP contribution in [0.25, 0.3) is 0 Å². The van der Waals surface area contributed by atoms with Crippen molar-refractivity contribution in [2.75, 3.05) is 7.11 Å². The summed E-state index contributed by atoms with van der Waals surface area (Å²) in [6, 6.07) is 4.46. The van der Waals surface area contributed by atoms with Gasteiger partial charge in [-0.1, -0.05) is 0 Å². The maximum atomic E-state index is 13.3. The van der Waals surface area contributed by atoms with Crippen LogP contribution in [0, 0.1) is 5.82 Å². The lowest BCUT2D eigenvalue weighted by Gasteiger charge is -2.06. The lowest BCUT2D eigenvalue weighted by molar-refractivity contribution is 0.373. The molecular weight excluding hydrogens is 371 g/mol. The minimum atomic E-state index is -0.420. The largest absolute Gasteiger partial charge is 0.480 e. The Labute approximate surface area is 119 Å². The van der Waals surface area contributed by atoms with Crippen molar-refractivity contribution in [1.82, 2.24) is 9.97 Å². The van der Waals surface area contributed by atoms with Gasteiger partial charge in [-0.15, -0.1) is 0 Å². The molecule has 7 heteroatoms. The molecule has 2 rings (SSSR count). The van der Waals surface area contributed by atoms with E-state index < -0.39 is 5.82 Å². The highest BCUT2D eigenvalue weighted by molar-refractivity contribution is 9.10. The molecule has 4 nitrogen and oxygen atoms in total. The van der Waals surface area contributed by atoms with E-state index in [1.807, 2.05) is 0 Å². The van der Waals surface area contributed by atoms with E-state index in [0.29, 0.717) is 20.6 Å². The summed E-state index contributed by atoms with van der Waals surface area (Å²) in [5, 5.41) is 0. The molecule has 0 saturated carbocycles. The van der Waals surface area contributed by atoms with Gasteiger partial charge >= 0.3 is 6.01 Å². The number of aromatic nitrogens is 2. The molecule has 0 spiro atoms. The zero-order chi connectivity index (χ0) is 13.1. The highest BCUT2D eigenvalue weighted by Crippen LogP contribution is 2.27. The zero-order valence-corrected chi connectivity index (χ0v) is 12.3. The van der Waals surface area contributed by atoms with Crippen molar-refractivity contribution in [3.8, 4) is 17.6 Å². The third kappa shape index (κ3) is 2.97. The zero-order valence-electron chi connectivity index (χ0n) is 9.15. The molecule has 0 radical (unpaired) electrons. The Morgan fingerprint density at radius 1 is 1.22 bits per heavy atom. The minimum absolute atomic E-state index is 0.0803. The summed E-state index contributed by atoms with van der Waals surface area (Å²) in [5.41, 5.74) is 0. The molecule has 1 heterocycles. The summed E-state index contributed by atoms with van der Waals surface area (Å²) in [4.78, 5) is 7.94. The highest BCUT2D eigenvalue weighted by Gasteiger charge is 2.08. The fourth-order valence-electron chi connectivity index (χ4n) is 1.17. The Morgan fingerprint density at radius 2 is 2.00 bits per heavy atom. The number of halogens is 3. The van der Waals surface area contributed by atoms with Gasteiger partial charge in [0.15, 0.2) is 0 Å². The molecule has 0 fully saturated rings. The van der Waals surface area contributed by atoms with Crippen LogP contribution in [0.3, 0.4) is 0 Å². The van der Waals surface area contributed by atoms with Gasteiger partial charge in [0.05, 0.1) is 22.3 Å². The van der Waals surface area contributed by atoms with Crippen LogP contribution in [-0.2, 0) is 0 Å². The predicted molar refractivity (Wildman–Crippen MR) is 70.5 cm³/mol. The van der Waals surface area contributed by atoms with Gasteiger partial charge in [0.25, 0.3) is 0 Å². The summed E-state index contributed by atoms with van der Waals surface area (Å²) in [5.74, 6) is 0.231. The minimum Gasteiger partial charge on any atom is -0.480 e. The third-order valence-electron chi connectivity index (χ3n) is 1.98. The van der Waals surface area contributed by atoms with E-state index in [1.54, 1.807) is 12.1 Å². The van der Waals surface area contributed by atoms with Gasteiger partial charge in [0, 0.05) is 6.07 Å². The molecule has 1 aromatic carbocycles. The maximum Gasteiger partial charge on any atom is 0.325 e. The van der Waals surface area contributed by atoms with E-state index in [2.05, 4.69) is 41.8 Å². The number of methoxy groups -OCH3 is 1. The van der Waals surface area contributed by atoms with Crippen LogP contribution >= 0.6 is 31.9 Å². The molecule has 0 saturated heterocycles. The Hall–Kier alpha value is -1.21. The van der Waals surface area contributed by atoms with E-state index in [4.69, 9.17) is 9.47 Å². The second-order valence-corrected chi connectivity index (χ2v) is 4.90. The van der Waals surface area contributed by atoms with Crippen molar-refractivity contribution in [3.05, 3.63) is 39.2 Å². The maximum absolute atomic E-state index is 13.3. The molecule has 94 valence electrons. The smallest absolute Gasteiger partial charge is 0.325 e. The summed E-state index contributed by atoms with van der Waals surface area (Å²) < 4.78 is 24.6. The van der Waals surface area contributed by atoms with Crippen molar-refractivity contribution < 1.29 is 13.9 Å². The van der Waals surface area contributed by atoms with Crippen LogP contribution in [0.4, 0.5) is 4.39 Å². The van der Waals surface area contributed by atoms with Crippen molar-refractivity contribution in [2.45, 2.75) is 0 Å². The molecule has 18 heavy (non-hydrogen) atoms. The van der Waals surface area contributed by atoms with Crippen LogP contribution in [0.5, 0.6) is 17.6 Å². The van der Waals surface area contributed by atoms with Gasteiger partial charge in [-0.05, 0) is 44.0 Å². The second-order valence-electron chi connectivity index (χ2n) is 3.19. The molecule has 0 amide bonds. The first-order valence-electron chi connectivity index (χ1n) is 4.79. The average molecular weight is 378 g/mol. The highest BCUT2D eigenvalue weighted by atomic mass is 79.9. The second kappa shape index (κ2) is 5.62. The van der Waals surface area contributed by atoms with E-state index in [9.17, 15) is 4.39 Å². The topological polar surface area (TPSA) is 44.2 Å². The van der Waals surface area contributed by atoms with Gasteiger partial charge < -0.3 is 9.47 Å². The van der Waals surface area contributed by atoms with Gasteiger partial charge in [0.2, 0.25) is 5.88 Å². The molecule has 0 aliphatic rings. The van der Waals surface area contributed by atoms with E-state index in [-0.39, 0.29) is 6.01 Å². The van der Waals surface area contributed by atoms with Crippen LogP contribution in [0.2, 0.25) is 0 Å². The lowest BCUT2D eigenvalue weighted by atomic mass is 10.3. The average Bonchev–Trinajstić information content (AvgIpc) is 2.36. The van der Waals surface area contributed by atoms with E-state index in [1.165, 1.54) is 19.4 Å². The quantitative estimate of drug-likeness (QED) is 0.812. The number of ether oxygens (including phenoxy) is 2. The summed E-state index contributed by atoms with van der Waals surface area (Å²) in [7, 11) is 1.48. The molecule has 1 aromatic heterocycles. The monoisotopic (exact) mass is 376 g/mol. The van der Waals surface area contributed by atoms with Crippen molar-refractivity contribution in [1.29, 1.82) is 0 Å². The summed E-state index contributed by atoms with van der Waals surface area (Å²) in [6.45, 7) is 0. The number of benzene rings is 1.